The molecule has 0 radical (unpaired) electrons. The first kappa shape index (κ1) is 13.2. The van der Waals surface area contributed by atoms with Gasteiger partial charge in [0.15, 0.2) is 0 Å². The molecule has 0 fully saturated rings. The van der Waals surface area contributed by atoms with Crippen molar-refractivity contribution >= 4 is 21.8 Å². The summed E-state index contributed by atoms with van der Waals surface area (Å²) in [5.41, 5.74) is 6.23. The van der Waals surface area contributed by atoms with E-state index in [9.17, 15) is 4.79 Å². The molecule has 0 saturated heterocycles. The minimum Gasteiger partial charge on any atom is -0.341 e. The van der Waals surface area contributed by atoms with Gasteiger partial charge in [0.05, 0.1) is 5.56 Å². The molecule has 0 aromatic heterocycles. The highest BCUT2D eigenvalue weighted by Crippen LogP contribution is 2.17. The van der Waals surface area contributed by atoms with Gasteiger partial charge in [-0.05, 0) is 40.5 Å². The molecule has 0 spiro atoms. The first-order chi connectivity index (χ1) is 7.56. The van der Waals surface area contributed by atoms with Gasteiger partial charge < -0.3 is 10.6 Å². The normalized spacial score (nSPS) is 12.2. The molecule has 1 amide bonds. The Morgan fingerprint density at radius 1 is 1.50 bits per heavy atom. The molecule has 0 aliphatic rings. The fraction of sp³-hybridized carbons (Fsp3) is 0.417. The predicted octanol–water partition coefficient (Wildman–Crippen LogP) is 2.12. The van der Waals surface area contributed by atoms with Crippen molar-refractivity contribution in [2.75, 3.05) is 20.1 Å². The molecule has 2 N–H and O–H groups in total. The van der Waals surface area contributed by atoms with Crippen molar-refractivity contribution in [3.8, 4) is 0 Å². The van der Waals surface area contributed by atoms with E-state index >= 15 is 0 Å². The zero-order chi connectivity index (χ0) is 12.1. The third-order valence-electron chi connectivity index (χ3n) is 2.44. The van der Waals surface area contributed by atoms with Crippen LogP contribution in [0.3, 0.4) is 0 Å². The third-order valence-corrected chi connectivity index (χ3v) is 3.13. The second-order valence-corrected chi connectivity index (χ2v) is 4.86. The Bertz CT molecular complexity index is 368. The van der Waals surface area contributed by atoms with Crippen molar-refractivity contribution in [3.63, 3.8) is 0 Å². The van der Waals surface area contributed by atoms with Crippen molar-refractivity contribution in [2.45, 2.75) is 6.92 Å². The fourth-order valence-corrected chi connectivity index (χ4v) is 1.92. The average Bonchev–Trinajstić information content (AvgIpc) is 2.28. The maximum atomic E-state index is 12.1. The molecule has 88 valence electrons. The predicted molar refractivity (Wildman–Crippen MR) is 69.3 cm³/mol. The van der Waals surface area contributed by atoms with E-state index in [1.54, 1.807) is 11.9 Å². The molecule has 0 saturated carbocycles. The molecule has 16 heavy (non-hydrogen) atoms. The lowest BCUT2D eigenvalue weighted by atomic mass is 10.1. The summed E-state index contributed by atoms with van der Waals surface area (Å²) >= 11 is 3.38. The molecule has 1 unspecified atom stereocenters. The van der Waals surface area contributed by atoms with Crippen molar-refractivity contribution in [3.05, 3.63) is 34.3 Å². The van der Waals surface area contributed by atoms with Crippen LogP contribution in [0.4, 0.5) is 0 Å². The van der Waals surface area contributed by atoms with Crippen molar-refractivity contribution < 1.29 is 4.79 Å². The van der Waals surface area contributed by atoms with Crippen LogP contribution in [-0.4, -0.2) is 30.9 Å². The van der Waals surface area contributed by atoms with Crippen LogP contribution in [0.15, 0.2) is 28.7 Å². The number of carbonyl (C=O) groups is 1. The van der Waals surface area contributed by atoms with Gasteiger partial charge in [-0.3, -0.25) is 4.79 Å². The molecule has 1 aromatic rings. The van der Waals surface area contributed by atoms with Crippen LogP contribution in [0.2, 0.25) is 0 Å². The van der Waals surface area contributed by atoms with E-state index in [1.807, 2.05) is 31.2 Å². The van der Waals surface area contributed by atoms with Gasteiger partial charge in [-0.25, -0.2) is 0 Å². The summed E-state index contributed by atoms with van der Waals surface area (Å²) in [5.74, 6) is 0.337. The number of halogens is 1. The van der Waals surface area contributed by atoms with E-state index in [0.29, 0.717) is 24.6 Å². The van der Waals surface area contributed by atoms with Gasteiger partial charge in [0.2, 0.25) is 0 Å². The average molecular weight is 285 g/mol. The molecule has 1 atom stereocenters. The monoisotopic (exact) mass is 284 g/mol. The molecular formula is C12H17BrN2O. The van der Waals surface area contributed by atoms with E-state index in [0.717, 1.165) is 4.47 Å². The lowest BCUT2D eigenvalue weighted by molar-refractivity contribution is 0.0776. The summed E-state index contributed by atoms with van der Waals surface area (Å²) < 4.78 is 0.826. The fourth-order valence-electron chi connectivity index (χ4n) is 1.47. The van der Waals surface area contributed by atoms with E-state index in [4.69, 9.17) is 5.73 Å². The molecule has 3 nitrogen and oxygen atoms in total. The van der Waals surface area contributed by atoms with Gasteiger partial charge in [-0.1, -0.05) is 19.1 Å². The van der Waals surface area contributed by atoms with Gasteiger partial charge in [0.25, 0.3) is 5.91 Å². The van der Waals surface area contributed by atoms with Crippen LogP contribution >= 0.6 is 15.9 Å². The Balaban J connectivity index is 2.75. The molecule has 4 heteroatoms. The van der Waals surface area contributed by atoms with Crippen LogP contribution in [0.25, 0.3) is 0 Å². The standard InChI is InChI=1S/C12H17BrN2O/c1-9(7-14)8-15(2)12(16)10-5-3-4-6-11(10)13/h3-6,9H,7-8,14H2,1-2H3. The quantitative estimate of drug-likeness (QED) is 0.921. The molecule has 0 heterocycles. The Morgan fingerprint density at radius 3 is 2.69 bits per heavy atom. The second kappa shape index (κ2) is 6.01. The summed E-state index contributed by atoms with van der Waals surface area (Å²) in [6.45, 7) is 3.30. The number of rotatable bonds is 4. The molecule has 0 aliphatic heterocycles. The number of nitrogens with zero attached hydrogens (tertiary/aromatic N) is 1. The van der Waals surface area contributed by atoms with E-state index < -0.39 is 0 Å². The summed E-state index contributed by atoms with van der Waals surface area (Å²) in [6.07, 6.45) is 0. The number of hydrogen-bond donors (Lipinski definition) is 1. The van der Waals surface area contributed by atoms with Crippen LogP contribution < -0.4 is 5.73 Å². The van der Waals surface area contributed by atoms with Gasteiger partial charge in [0.1, 0.15) is 0 Å². The van der Waals surface area contributed by atoms with Crippen LogP contribution in [0, 0.1) is 5.92 Å². The van der Waals surface area contributed by atoms with Gasteiger partial charge in [-0.15, -0.1) is 0 Å². The van der Waals surface area contributed by atoms with Crippen LogP contribution in [0.1, 0.15) is 17.3 Å². The van der Waals surface area contributed by atoms with E-state index in [2.05, 4.69) is 15.9 Å². The topological polar surface area (TPSA) is 46.3 Å². The molecular weight excluding hydrogens is 268 g/mol. The SMILES string of the molecule is CC(CN)CN(C)C(=O)c1ccccc1Br. The molecule has 0 aliphatic carbocycles. The van der Waals surface area contributed by atoms with Gasteiger partial charge >= 0.3 is 0 Å². The molecule has 0 bridgehead atoms. The first-order valence-electron chi connectivity index (χ1n) is 5.26. The Kier molecular flexibility index (Phi) is 4.96. The minimum atomic E-state index is 0.0211. The number of amides is 1. The third kappa shape index (κ3) is 3.32. The molecule has 1 aromatic carbocycles. The van der Waals surface area contributed by atoms with Crippen LogP contribution in [0.5, 0.6) is 0 Å². The lowest BCUT2D eigenvalue weighted by Gasteiger charge is -2.21. The highest BCUT2D eigenvalue weighted by molar-refractivity contribution is 9.10. The lowest BCUT2D eigenvalue weighted by Crippen LogP contribution is -2.33. The first-order valence-corrected chi connectivity index (χ1v) is 6.05. The smallest absolute Gasteiger partial charge is 0.254 e. The Hall–Kier alpha value is -0.870. The summed E-state index contributed by atoms with van der Waals surface area (Å²) in [4.78, 5) is 13.8. The highest BCUT2D eigenvalue weighted by Gasteiger charge is 2.15. The number of hydrogen-bond acceptors (Lipinski definition) is 2. The maximum absolute atomic E-state index is 12.1. The maximum Gasteiger partial charge on any atom is 0.254 e. The highest BCUT2D eigenvalue weighted by atomic mass is 79.9. The van der Waals surface area contributed by atoms with E-state index in [1.165, 1.54) is 0 Å². The van der Waals surface area contributed by atoms with Crippen LogP contribution in [-0.2, 0) is 0 Å². The van der Waals surface area contributed by atoms with Crippen molar-refractivity contribution in [1.82, 2.24) is 4.90 Å². The van der Waals surface area contributed by atoms with E-state index in [-0.39, 0.29) is 5.91 Å². The van der Waals surface area contributed by atoms with Gasteiger partial charge in [-0.2, -0.15) is 0 Å². The van der Waals surface area contributed by atoms with Gasteiger partial charge in [0, 0.05) is 18.1 Å². The number of carbonyl (C=O) groups excluding carboxylic acids is 1. The summed E-state index contributed by atoms with van der Waals surface area (Å²) in [6, 6.07) is 7.44. The zero-order valence-corrected chi connectivity index (χ0v) is 11.2. The zero-order valence-electron chi connectivity index (χ0n) is 9.61. The second-order valence-electron chi connectivity index (χ2n) is 4.01. The summed E-state index contributed by atoms with van der Waals surface area (Å²) in [5, 5.41) is 0. The number of nitrogens with two attached hydrogens (primary N) is 1. The number of benzene rings is 1. The minimum absolute atomic E-state index is 0.0211. The van der Waals surface area contributed by atoms with Crippen molar-refractivity contribution in [2.24, 2.45) is 11.7 Å². The Labute approximate surface area is 105 Å². The molecule has 1 rings (SSSR count). The summed E-state index contributed by atoms with van der Waals surface area (Å²) in [7, 11) is 1.80. The van der Waals surface area contributed by atoms with Crippen molar-refractivity contribution in [1.29, 1.82) is 0 Å². The largest absolute Gasteiger partial charge is 0.341 e. The Morgan fingerprint density at radius 2 is 2.12 bits per heavy atom.